The highest BCUT2D eigenvalue weighted by Gasteiger charge is 2.32. The number of fused-ring (bicyclic) bond motifs is 1. The van der Waals surface area contributed by atoms with E-state index in [0.717, 1.165) is 36.9 Å². The van der Waals surface area contributed by atoms with Crippen LogP contribution in [0.5, 0.6) is 0 Å². The third-order valence-electron chi connectivity index (χ3n) is 5.86. The van der Waals surface area contributed by atoms with Gasteiger partial charge in [0.2, 0.25) is 0 Å². The van der Waals surface area contributed by atoms with E-state index in [-0.39, 0.29) is 30.1 Å². The highest BCUT2D eigenvalue weighted by Crippen LogP contribution is 2.36. The van der Waals surface area contributed by atoms with Crippen LogP contribution in [-0.2, 0) is 31.3 Å². The summed E-state index contributed by atoms with van der Waals surface area (Å²) in [5.41, 5.74) is 2.00. The van der Waals surface area contributed by atoms with Gasteiger partial charge < -0.3 is 10.6 Å². The van der Waals surface area contributed by atoms with Crippen molar-refractivity contribution >= 4 is 41.7 Å². The molecule has 0 saturated carbocycles. The summed E-state index contributed by atoms with van der Waals surface area (Å²) < 4.78 is 54.2. The molecular formula is C26H24Cl2F4N2OS. The molecule has 0 bridgehead atoms. The van der Waals surface area contributed by atoms with Crippen molar-refractivity contribution in [2.24, 2.45) is 0 Å². The SMILES string of the molecule is Cl.O=C(NCc1ccccc1C(F)(F)F)c1ccc(CSc2c(Cl)ccc3c2CCNCC3)cc1F. The fourth-order valence-electron chi connectivity index (χ4n) is 4.08. The Balaban J connectivity index is 0.00000361. The van der Waals surface area contributed by atoms with Crippen molar-refractivity contribution < 1.29 is 22.4 Å². The monoisotopic (exact) mass is 558 g/mol. The van der Waals surface area contributed by atoms with Crippen molar-refractivity contribution in [1.29, 1.82) is 0 Å². The fourth-order valence-corrected chi connectivity index (χ4v) is 5.52. The molecule has 0 aromatic heterocycles. The molecule has 0 radical (unpaired) electrons. The molecule has 1 aliphatic heterocycles. The molecule has 3 aromatic rings. The Morgan fingerprint density at radius 2 is 1.81 bits per heavy atom. The third-order valence-corrected chi connectivity index (χ3v) is 7.52. The molecule has 0 spiro atoms. The van der Waals surface area contributed by atoms with Gasteiger partial charge in [-0.2, -0.15) is 13.2 Å². The first-order valence-electron chi connectivity index (χ1n) is 11.1. The summed E-state index contributed by atoms with van der Waals surface area (Å²) in [5.74, 6) is -1.05. The minimum atomic E-state index is -4.54. The molecular weight excluding hydrogens is 535 g/mol. The number of halogens is 6. The highest BCUT2D eigenvalue weighted by atomic mass is 35.5. The van der Waals surface area contributed by atoms with Crippen LogP contribution in [0.15, 0.2) is 59.5 Å². The number of benzene rings is 3. The van der Waals surface area contributed by atoms with E-state index in [9.17, 15) is 22.4 Å². The zero-order valence-electron chi connectivity index (χ0n) is 19.1. The van der Waals surface area contributed by atoms with Crippen molar-refractivity contribution in [3.8, 4) is 0 Å². The molecule has 0 aliphatic carbocycles. The molecule has 1 aliphatic rings. The summed E-state index contributed by atoms with van der Waals surface area (Å²) in [6.07, 6.45) is -2.75. The topological polar surface area (TPSA) is 41.1 Å². The van der Waals surface area contributed by atoms with Gasteiger partial charge in [-0.3, -0.25) is 4.79 Å². The predicted octanol–water partition coefficient (Wildman–Crippen LogP) is 6.83. The number of carbonyl (C=O) groups excluding carboxylic acids is 1. The lowest BCUT2D eigenvalue weighted by Gasteiger charge is -2.14. The zero-order valence-corrected chi connectivity index (χ0v) is 21.4. The molecule has 36 heavy (non-hydrogen) atoms. The standard InChI is InChI=1S/C26H23ClF4N2OS.ClH/c27-22-8-6-17-9-11-32-12-10-19(17)24(22)35-15-16-5-7-20(23(28)13-16)25(34)33-14-18-3-1-2-4-21(18)26(29,30)31;/h1-8,13,32H,9-12,14-15H2,(H,33,34);1H. The molecule has 0 fully saturated rings. The number of alkyl halides is 3. The van der Waals surface area contributed by atoms with Gasteiger partial charge in [0.15, 0.2) is 0 Å². The Morgan fingerprint density at radius 1 is 1.06 bits per heavy atom. The number of nitrogens with one attached hydrogen (secondary N) is 2. The van der Waals surface area contributed by atoms with E-state index in [2.05, 4.69) is 16.7 Å². The maximum absolute atomic E-state index is 14.7. The molecule has 1 heterocycles. The molecule has 3 nitrogen and oxygen atoms in total. The summed E-state index contributed by atoms with van der Waals surface area (Å²) >= 11 is 7.99. The number of amides is 1. The van der Waals surface area contributed by atoms with Crippen LogP contribution in [0, 0.1) is 5.82 Å². The quantitative estimate of drug-likeness (QED) is 0.257. The number of carbonyl (C=O) groups is 1. The van der Waals surface area contributed by atoms with Crippen molar-refractivity contribution in [2.45, 2.75) is 36.2 Å². The second-order valence-electron chi connectivity index (χ2n) is 8.20. The van der Waals surface area contributed by atoms with Crippen molar-refractivity contribution in [1.82, 2.24) is 10.6 Å². The van der Waals surface area contributed by atoms with Gasteiger partial charge >= 0.3 is 6.18 Å². The maximum Gasteiger partial charge on any atom is 0.416 e. The first kappa shape index (κ1) is 28.3. The van der Waals surface area contributed by atoms with E-state index < -0.39 is 23.5 Å². The van der Waals surface area contributed by atoms with Crippen LogP contribution in [0.25, 0.3) is 0 Å². The minimum Gasteiger partial charge on any atom is -0.348 e. The first-order valence-corrected chi connectivity index (χ1v) is 12.5. The van der Waals surface area contributed by atoms with E-state index in [0.29, 0.717) is 16.3 Å². The average Bonchev–Trinajstić information content (AvgIpc) is 3.07. The van der Waals surface area contributed by atoms with Gasteiger partial charge in [-0.15, -0.1) is 24.2 Å². The van der Waals surface area contributed by atoms with Gasteiger partial charge in [-0.05, 0) is 72.5 Å². The van der Waals surface area contributed by atoms with Gasteiger partial charge in [-0.25, -0.2) is 4.39 Å². The first-order chi connectivity index (χ1) is 16.7. The van der Waals surface area contributed by atoms with E-state index in [1.54, 1.807) is 6.07 Å². The summed E-state index contributed by atoms with van der Waals surface area (Å²) in [5, 5.41) is 6.42. The van der Waals surface area contributed by atoms with Crippen LogP contribution in [-0.4, -0.2) is 19.0 Å². The molecule has 3 aromatic carbocycles. The predicted molar refractivity (Wildman–Crippen MR) is 138 cm³/mol. The van der Waals surface area contributed by atoms with Gasteiger partial charge in [0.1, 0.15) is 5.82 Å². The maximum atomic E-state index is 14.7. The van der Waals surface area contributed by atoms with Gasteiger partial charge in [0.25, 0.3) is 5.91 Å². The molecule has 2 N–H and O–H groups in total. The number of thioether (sulfide) groups is 1. The van der Waals surface area contributed by atoms with Gasteiger partial charge in [-0.1, -0.05) is 41.9 Å². The Kier molecular flexibility index (Phi) is 9.69. The number of rotatable bonds is 6. The molecule has 0 atom stereocenters. The molecule has 4 rings (SSSR count). The summed E-state index contributed by atoms with van der Waals surface area (Å²) in [4.78, 5) is 13.5. The van der Waals surface area contributed by atoms with Gasteiger partial charge in [0.05, 0.1) is 16.1 Å². The molecule has 10 heteroatoms. The van der Waals surface area contributed by atoms with Crippen LogP contribution >= 0.6 is 35.8 Å². The third kappa shape index (κ3) is 6.73. The lowest BCUT2D eigenvalue weighted by Crippen LogP contribution is -2.25. The van der Waals surface area contributed by atoms with Gasteiger partial charge in [0, 0.05) is 17.2 Å². The second-order valence-corrected chi connectivity index (χ2v) is 9.60. The second kappa shape index (κ2) is 12.3. The van der Waals surface area contributed by atoms with E-state index in [4.69, 9.17) is 11.6 Å². The smallest absolute Gasteiger partial charge is 0.348 e. The molecule has 1 amide bonds. The fraction of sp³-hybridized carbons (Fsp3) is 0.269. The zero-order chi connectivity index (χ0) is 25.0. The lowest BCUT2D eigenvalue weighted by molar-refractivity contribution is -0.138. The minimum absolute atomic E-state index is 0. The van der Waals surface area contributed by atoms with Crippen LogP contribution in [0.1, 0.15) is 38.2 Å². The van der Waals surface area contributed by atoms with Crippen molar-refractivity contribution in [3.05, 3.63) is 98.8 Å². The summed E-state index contributed by atoms with van der Waals surface area (Å²) in [7, 11) is 0. The van der Waals surface area contributed by atoms with Crippen LogP contribution < -0.4 is 10.6 Å². The van der Waals surface area contributed by atoms with E-state index in [1.807, 2.05) is 6.07 Å². The molecule has 192 valence electrons. The Hall–Kier alpha value is -2.26. The van der Waals surface area contributed by atoms with E-state index in [1.165, 1.54) is 53.2 Å². The van der Waals surface area contributed by atoms with Crippen LogP contribution in [0.4, 0.5) is 17.6 Å². The lowest BCUT2D eigenvalue weighted by atomic mass is 10.0. The Bertz CT molecular complexity index is 1240. The Morgan fingerprint density at radius 3 is 2.56 bits per heavy atom. The molecule has 0 saturated heterocycles. The van der Waals surface area contributed by atoms with Crippen molar-refractivity contribution in [3.63, 3.8) is 0 Å². The van der Waals surface area contributed by atoms with Crippen molar-refractivity contribution in [2.75, 3.05) is 13.1 Å². The summed E-state index contributed by atoms with van der Waals surface area (Å²) in [6, 6.07) is 13.2. The number of hydrogen-bond donors (Lipinski definition) is 2. The van der Waals surface area contributed by atoms with E-state index >= 15 is 0 Å². The number of hydrogen-bond acceptors (Lipinski definition) is 3. The normalized spacial score (nSPS) is 13.4. The molecule has 0 unspecified atom stereocenters. The summed E-state index contributed by atoms with van der Waals surface area (Å²) in [6.45, 7) is 1.42. The average molecular weight is 559 g/mol. The Labute approximate surface area is 222 Å². The highest BCUT2D eigenvalue weighted by molar-refractivity contribution is 7.98. The van der Waals surface area contributed by atoms with Crippen LogP contribution in [0.3, 0.4) is 0 Å². The largest absolute Gasteiger partial charge is 0.416 e. The van der Waals surface area contributed by atoms with Crippen LogP contribution in [0.2, 0.25) is 5.02 Å².